The summed E-state index contributed by atoms with van der Waals surface area (Å²) in [7, 11) is 2.00. The Balaban J connectivity index is 2.10. The summed E-state index contributed by atoms with van der Waals surface area (Å²) in [6.07, 6.45) is 0. The number of esters is 1. The first-order chi connectivity index (χ1) is 8.61. The zero-order valence-corrected chi connectivity index (χ0v) is 12.2. The van der Waals surface area contributed by atoms with Gasteiger partial charge in [-0.1, -0.05) is 11.6 Å². The van der Waals surface area contributed by atoms with Crippen molar-refractivity contribution in [2.24, 2.45) is 0 Å². The first-order valence-corrected chi connectivity index (χ1v) is 6.97. The van der Waals surface area contributed by atoms with Gasteiger partial charge in [0.15, 0.2) is 0 Å². The number of nitrogens with zero attached hydrogens (tertiary/aromatic N) is 1. The minimum Gasteiger partial charge on any atom is -0.464 e. The fourth-order valence-electron chi connectivity index (χ4n) is 1.36. The molecule has 1 rings (SSSR count). The molecule has 0 saturated carbocycles. The lowest BCUT2D eigenvalue weighted by Crippen LogP contribution is -2.24. The van der Waals surface area contributed by atoms with E-state index in [0.717, 1.165) is 17.4 Å². The summed E-state index contributed by atoms with van der Waals surface area (Å²) >= 11 is 7.43. The van der Waals surface area contributed by atoms with Crippen LogP contribution in [0.15, 0.2) is 12.1 Å². The molecule has 0 N–H and O–H groups in total. The van der Waals surface area contributed by atoms with Crippen LogP contribution in [-0.4, -0.2) is 44.3 Å². The summed E-state index contributed by atoms with van der Waals surface area (Å²) in [5, 5.41) is 0. The number of rotatable bonds is 8. The lowest BCUT2D eigenvalue weighted by atomic mass is 10.4. The first kappa shape index (κ1) is 15.4. The van der Waals surface area contributed by atoms with E-state index in [0.29, 0.717) is 13.2 Å². The second kappa shape index (κ2) is 8.48. The highest BCUT2D eigenvalue weighted by molar-refractivity contribution is 7.16. The average Bonchev–Trinajstić information content (AvgIpc) is 2.70. The van der Waals surface area contributed by atoms with Gasteiger partial charge < -0.3 is 9.47 Å². The van der Waals surface area contributed by atoms with Crippen LogP contribution in [0.4, 0.5) is 0 Å². The second-order valence-electron chi connectivity index (χ2n) is 3.80. The van der Waals surface area contributed by atoms with Gasteiger partial charge >= 0.3 is 5.97 Å². The molecule has 1 heterocycles. The van der Waals surface area contributed by atoms with Gasteiger partial charge in [0.2, 0.25) is 0 Å². The molecule has 0 bridgehead atoms. The molecule has 6 heteroatoms. The van der Waals surface area contributed by atoms with Crippen LogP contribution in [0.1, 0.15) is 11.8 Å². The van der Waals surface area contributed by atoms with E-state index in [1.165, 1.54) is 4.88 Å². The molecule has 18 heavy (non-hydrogen) atoms. The van der Waals surface area contributed by atoms with E-state index in [9.17, 15) is 4.79 Å². The molecule has 0 aliphatic heterocycles. The Morgan fingerprint density at radius 3 is 2.89 bits per heavy atom. The molecule has 0 saturated heterocycles. The monoisotopic (exact) mass is 291 g/mol. The van der Waals surface area contributed by atoms with E-state index in [1.54, 1.807) is 18.3 Å². The van der Waals surface area contributed by atoms with Crippen LogP contribution in [0, 0.1) is 0 Å². The molecular weight excluding hydrogens is 274 g/mol. The summed E-state index contributed by atoms with van der Waals surface area (Å²) < 4.78 is 10.8. The first-order valence-electron chi connectivity index (χ1n) is 5.78. The molecular formula is C12H18ClNO3S. The zero-order valence-electron chi connectivity index (χ0n) is 10.6. The molecule has 1 aromatic rings. The van der Waals surface area contributed by atoms with Gasteiger partial charge in [0, 0.05) is 18.0 Å². The van der Waals surface area contributed by atoms with Crippen molar-refractivity contribution in [3.05, 3.63) is 21.3 Å². The minimum absolute atomic E-state index is 0.0203. The van der Waals surface area contributed by atoms with Gasteiger partial charge in [0.1, 0.15) is 6.61 Å². The number of thiophene rings is 1. The Morgan fingerprint density at radius 2 is 2.28 bits per heavy atom. The third kappa shape index (κ3) is 6.35. The van der Waals surface area contributed by atoms with Crippen molar-refractivity contribution in [1.29, 1.82) is 0 Å². The highest BCUT2D eigenvalue weighted by Gasteiger charge is 2.05. The Bertz CT molecular complexity index is 370. The van der Waals surface area contributed by atoms with Crippen molar-refractivity contribution < 1.29 is 14.3 Å². The largest absolute Gasteiger partial charge is 0.464 e. The maximum absolute atomic E-state index is 11.0. The summed E-state index contributed by atoms with van der Waals surface area (Å²) in [6, 6.07) is 3.91. The van der Waals surface area contributed by atoms with Gasteiger partial charge in [-0.25, -0.2) is 4.79 Å². The molecule has 1 aromatic heterocycles. The molecule has 0 radical (unpaired) electrons. The lowest BCUT2D eigenvalue weighted by Gasteiger charge is -2.15. The maximum atomic E-state index is 11.0. The summed E-state index contributed by atoms with van der Waals surface area (Å²) in [4.78, 5) is 14.3. The number of halogens is 1. The highest BCUT2D eigenvalue weighted by Crippen LogP contribution is 2.22. The van der Waals surface area contributed by atoms with E-state index >= 15 is 0 Å². The number of hydrogen-bond acceptors (Lipinski definition) is 5. The van der Waals surface area contributed by atoms with Crippen LogP contribution >= 0.6 is 22.9 Å². The van der Waals surface area contributed by atoms with Crippen LogP contribution in [0.2, 0.25) is 4.34 Å². The lowest BCUT2D eigenvalue weighted by molar-refractivity contribution is -0.148. The van der Waals surface area contributed by atoms with Gasteiger partial charge in [-0.15, -0.1) is 11.3 Å². The molecule has 102 valence electrons. The van der Waals surface area contributed by atoms with Gasteiger partial charge in [-0.2, -0.15) is 0 Å². The van der Waals surface area contributed by atoms with Crippen molar-refractivity contribution in [3.63, 3.8) is 0 Å². The van der Waals surface area contributed by atoms with Gasteiger partial charge in [0.25, 0.3) is 0 Å². The topological polar surface area (TPSA) is 38.8 Å². The molecule has 0 aromatic carbocycles. The number of hydrogen-bond donors (Lipinski definition) is 0. The van der Waals surface area contributed by atoms with E-state index in [1.807, 2.05) is 19.2 Å². The van der Waals surface area contributed by atoms with E-state index < -0.39 is 0 Å². The summed E-state index contributed by atoms with van der Waals surface area (Å²) in [5.41, 5.74) is 0. The average molecular weight is 292 g/mol. The third-order valence-corrected chi connectivity index (χ3v) is 3.41. The van der Waals surface area contributed by atoms with Crippen molar-refractivity contribution in [2.45, 2.75) is 13.5 Å². The van der Waals surface area contributed by atoms with Crippen LogP contribution < -0.4 is 0 Å². The number of carbonyl (C=O) groups is 1. The van der Waals surface area contributed by atoms with Crippen molar-refractivity contribution in [2.75, 3.05) is 33.4 Å². The third-order valence-electron chi connectivity index (χ3n) is 2.20. The fraction of sp³-hybridized carbons (Fsp3) is 0.583. The second-order valence-corrected chi connectivity index (χ2v) is 5.60. The number of carbonyl (C=O) groups excluding carboxylic acids is 1. The molecule has 0 amide bonds. The van der Waals surface area contributed by atoms with E-state index in [-0.39, 0.29) is 12.6 Å². The molecule has 0 aliphatic rings. The molecule has 0 fully saturated rings. The predicted octanol–water partition coefficient (Wildman–Crippen LogP) is 2.41. The van der Waals surface area contributed by atoms with Crippen LogP contribution in [-0.2, 0) is 20.8 Å². The zero-order chi connectivity index (χ0) is 13.4. The van der Waals surface area contributed by atoms with Gasteiger partial charge in [0.05, 0.1) is 17.6 Å². The number of ether oxygens (including phenoxy) is 2. The van der Waals surface area contributed by atoms with Gasteiger partial charge in [-0.3, -0.25) is 4.90 Å². The summed E-state index contributed by atoms with van der Waals surface area (Å²) in [6.45, 7) is 4.29. The predicted molar refractivity (Wildman–Crippen MR) is 73.1 cm³/mol. The highest BCUT2D eigenvalue weighted by atomic mass is 35.5. The fourth-order valence-corrected chi connectivity index (χ4v) is 2.53. The smallest absolute Gasteiger partial charge is 0.332 e. The Hall–Kier alpha value is -0.620. The minimum atomic E-state index is -0.315. The molecule has 0 atom stereocenters. The number of likely N-dealkylation sites (N-methyl/N-ethyl adjacent to an activating group) is 1. The van der Waals surface area contributed by atoms with Crippen molar-refractivity contribution >= 4 is 28.9 Å². The standard InChI is InChI=1S/C12H18ClNO3S/c1-3-17-12(15)9-16-7-6-14(2)8-10-4-5-11(13)18-10/h4-5H,3,6-9H2,1-2H3. The van der Waals surface area contributed by atoms with Crippen LogP contribution in [0.3, 0.4) is 0 Å². The summed E-state index contributed by atoms with van der Waals surface area (Å²) in [5.74, 6) is -0.315. The van der Waals surface area contributed by atoms with E-state index in [2.05, 4.69) is 4.90 Å². The normalized spacial score (nSPS) is 10.9. The Morgan fingerprint density at radius 1 is 1.50 bits per heavy atom. The van der Waals surface area contributed by atoms with Crippen molar-refractivity contribution in [1.82, 2.24) is 4.90 Å². The van der Waals surface area contributed by atoms with Crippen LogP contribution in [0.5, 0.6) is 0 Å². The molecule has 0 aliphatic carbocycles. The van der Waals surface area contributed by atoms with Gasteiger partial charge in [-0.05, 0) is 26.1 Å². The molecule has 4 nitrogen and oxygen atoms in total. The molecule has 0 unspecified atom stereocenters. The van der Waals surface area contributed by atoms with Crippen molar-refractivity contribution in [3.8, 4) is 0 Å². The molecule has 0 spiro atoms. The van der Waals surface area contributed by atoms with Crippen LogP contribution in [0.25, 0.3) is 0 Å². The quantitative estimate of drug-likeness (QED) is 0.545. The Labute approximate surface area is 116 Å². The SMILES string of the molecule is CCOC(=O)COCCN(C)Cc1ccc(Cl)s1. The van der Waals surface area contributed by atoms with E-state index in [4.69, 9.17) is 21.1 Å². The Kier molecular flexibility index (Phi) is 7.27. The maximum Gasteiger partial charge on any atom is 0.332 e.